The minimum Gasteiger partial charge on any atom is -0.495 e. The Morgan fingerprint density at radius 3 is 2.39 bits per heavy atom. The van der Waals surface area contributed by atoms with E-state index in [9.17, 15) is 0 Å². The van der Waals surface area contributed by atoms with Crippen molar-refractivity contribution in [1.82, 2.24) is 10.2 Å². The number of ether oxygens (including phenoxy) is 3. The molecule has 0 bridgehead atoms. The summed E-state index contributed by atoms with van der Waals surface area (Å²) in [4.78, 5) is 9.31. The van der Waals surface area contributed by atoms with E-state index < -0.39 is 0 Å². The highest BCUT2D eigenvalue weighted by Crippen LogP contribution is 2.34. The quantitative estimate of drug-likeness (QED) is 0.327. The van der Waals surface area contributed by atoms with Gasteiger partial charge in [0.05, 0.1) is 27.0 Å². The largest absolute Gasteiger partial charge is 0.495 e. The number of para-hydroxylation sites is 2. The third kappa shape index (κ3) is 5.59. The van der Waals surface area contributed by atoms with Crippen LogP contribution >= 0.6 is 24.0 Å². The first-order valence-corrected chi connectivity index (χ1v) is 11.2. The van der Waals surface area contributed by atoms with Crippen LogP contribution in [0.5, 0.6) is 17.2 Å². The second-order valence-electron chi connectivity index (χ2n) is 8.35. The van der Waals surface area contributed by atoms with Gasteiger partial charge in [-0.1, -0.05) is 12.1 Å². The molecule has 2 aliphatic rings. The Hall–Kier alpha value is -2.36. The van der Waals surface area contributed by atoms with E-state index in [1.54, 1.807) is 21.3 Å². The molecule has 2 heterocycles. The lowest BCUT2D eigenvalue weighted by Crippen LogP contribution is -2.45. The van der Waals surface area contributed by atoms with Gasteiger partial charge in [0.15, 0.2) is 17.5 Å². The molecule has 8 heteroatoms. The molecule has 1 N–H and O–H groups in total. The van der Waals surface area contributed by atoms with Gasteiger partial charge in [-0.3, -0.25) is 4.99 Å². The molecule has 0 spiro atoms. The fourth-order valence-corrected chi connectivity index (χ4v) is 4.74. The van der Waals surface area contributed by atoms with Gasteiger partial charge in [0, 0.05) is 39.8 Å². The van der Waals surface area contributed by atoms with Crippen molar-refractivity contribution in [2.24, 2.45) is 10.9 Å². The lowest BCUT2D eigenvalue weighted by atomic mass is 9.99. The van der Waals surface area contributed by atoms with Crippen LogP contribution in [0.3, 0.4) is 0 Å². The Morgan fingerprint density at radius 2 is 1.70 bits per heavy atom. The van der Waals surface area contributed by atoms with Gasteiger partial charge >= 0.3 is 0 Å². The van der Waals surface area contributed by atoms with E-state index in [-0.39, 0.29) is 24.0 Å². The summed E-state index contributed by atoms with van der Waals surface area (Å²) in [6.45, 7) is 4.72. The molecule has 7 nitrogen and oxygen atoms in total. The number of fused-ring (bicyclic) bond motifs is 1. The maximum atomic E-state index is 5.55. The van der Waals surface area contributed by atoms with Gasteiger partial charge in [0.2, 0.25) is 0 Å². The number of anilines is 1. The van der Waals surface area contributed by atoms with Gasteiger partial charge < -0.3 is 29.3 Å². The minimum absolute atomic E-state index is 0. The molecule has 2 aromatic rings. The lowest BCUT2D eigenvalue weighted by Gasteiger charge is -2.32. The van der Waals surface area contributed by atoms with Crippen LogP contribution in [0.2, 0.25) is 0 Å². The molecule has 0 aromatic heterocycles. The van der Waals surface area contributed by atoms with E-state index in [0.717, 1.165) is 68.8 Å². The van der Waals surface area contributed by atoms with Gasteiger partial charge in [-0.15, -0.1) is 24.0 Å². The van der Waals surface area contributed by atoms with Crippen molar-refractivity contribution in [3.8, 4) is 17.2 Å². The lowest BCUT2D eigenvalue weighted by molar-refractivity contribution is 0.345. The third-order valence-electron chi connectivity index (χ3n) is 6.49. The zero-order valence-electron chi connectivity index (χ0n) is 20.0. The number of rotatable bonds is 6. The molecule has 2 aromatic carbocycles. The zero-order chi connectivity index (χ0) is 22.5. The molecule has 0 radical (unpaired) electrons. The Labute approximate surface area is 214 Å². The first-order chi connectivity index (χ1) is 15.7. The van der Waals surface area contributed by atoms with E-state index in [1.807, 2.05) is 19.2 Å². The highest BCUT2D eigenvalue weighted by atomic mass is 127. The van der Waals surface area contributed by atoms with Crippen LogP contribution < -0.4 is 24.4 Å². The van der Waals surface area contributed by atoms with Crippen LogP contribution in [0.15, 0.2) is 41.4 Å². The Bertz CT molecular complexity index is 969. The molecular formula is C25H35IN4O3. The monoisotopic (exact) mass is 566 g/mol. The van der Waals surface area contributed by atoms with Gasteiger partial charge in [0.25, 0.3) is 0 Å². The van der Waals surface area contributed by atoms with Crippen molar-refractivity contribution < 1.29 is 14.2 Å². The van der Waals surface area contributed by atoms with Crippen molar-refractivity contribution in [3.63, 3.8) is 0 Å². The van der Waals surface area contributed by atoms with Crippen LogP contribution in [0, 0.1) is 5.92 Å². The van der Waals surface area contributed by atoms with E-state index in [4.69, 9.17) is 14.2 Å². The first kappa shape index (κ1) is 25.3. The molecule has 1 fully saturated rings. The highest BCUT2D eigenvalue weighted by Gasteiger charge is 2.26. The Balaban J connectivity index is 0.00000306. The van der Waals surface area contributed by atoms with Crippen molar-refractivity contribution in [2.75, 3.05) is 59.5 Å². The third-order valence-corrected chi connectivity index (χ3v) is 6.49. The molecule has 4 rings (SSSR count). The van der Waals surface area contributed by atoms with Crippen molar-refractivity contribution in [3.05, 3.63) is 47.5 Å². The molecule has 1 saturated heterocycles. The molecule has 33 heavy (non-hydrogen) atoms. The van der Waals surface area contributed by atoms with Gasteiger partial charge in [-0.05, 0) is 54.2 Å². The summed E-state index contributed by atoms with van der Waals surface area (Å²) in [7, 11) is 6.97. The zero-order valence-corrected chi connectivity index (χ0v) is 22.3. The number of aliphatic imine (C=N–C) groups is 1. The average molecular weight is 566 g/mol. The summed E-state index contributed by atoms with van der Waals surface area (Å²) in [5.74, 6) is 4.04. The van der Waals surface area contributed by atoms with Crippen molar-refractivity contribution in [2.45, 2.75) is 19.4 Å². The summed E-state index contributed by atoms with van der Waals surface area (Å²) in [6, 6.07) is 12.5. The second kappa shape index (κ2) is 11.7. The average Bonchev–Trinajstić information content (AvgIpc) is 3.32. The molecule has 0 amide bonds. The van der Waals surface area contributed by atoms with Crippen LogP contribution in [-0.2, 0) is 13.0 Å². The van der Waals surface area contributed by atoms with E-state index in [2.05, 4.69) is 44.4 Å². The number of hydrogen-bond donors (Lipinski definition) is 1. The smallest absolute Gasteiger partial charge is 0.193 e. The molecule has 1 atom stereocenters. The molecule has 0 aliphatic carbocycles. The minimum atomic E-state index is 0. The van der Waals surface area contributed by atoms with E-state index in [1.165, 1.54) is 16.8 Å². The van der Waals surface area contributed by atoms with Gasteiger partial charge in [-0.2, -0.15) is 0 Å². The number of guanidine groups is 1. The van der Waals surface area contributed by atoms with Crippen molar-refractivity contribution in [1.29, 1.82) is 0 Å². The summed E-state index contributed by atoms with van der Waals surface area (Å²) >= 11 is 0. The van der Waals surface area contributed by atoms with Crippen LogP contribution in [0.25, 0.3) is 0 Å². The molecule has 0 saturated carbocycles. The van der Waals surface area contributed by atoms with Gasteiger partial charge in [0.1, 0.15) is 5.75 Å². The van der Waals surface area contributed by atoms with E-state index >= 15 is 0 Å². The second-order valence-corrected chi connectivity index (χ2v) is 8.35. The fraction of sp³-hybridized carbons (Fsp3) is 0.480. The number of nitrogens with one attached hydrogen (secondary N) is 1. The van der Waals surface area contributed by atoms with E-state index in [0.29, 0.717) is 5.92 Å². The van der Waals surface area contributed by atoms with Crippen LogP contribution in [0.1, 0.15) is 17.5 Å². The Morgan fingerprint density at radius 1 is 1.00 bits per heavy atom. The summed E-state index contributed by atoms with van der Waals surface area (Å²) in [5.41, 5.74) is 3.76. The maximum Gasteiger partial charge on any atom is 0.193 e. The highest BCUT2D eigenvalue weighted by molar-refractivity contribution is 14.0. The van der Waals surface area contributed by atoms with Crippen LogP contribution in [-0.4, -0.2) is 65.4 Å². The molecule has 1 unspecified atom stereocenters. The topological polar surface area (TPSA) is 58.6 Å². The Kier molecular flexibility index (Phi) is 8.94. The molecule has 2 aliphatic heterocycles. The SMILES string of the molecule is CN=C(NCC1CCN(c2ccccc2OC)C1)N1CCc2cc(OC)c(OC)cc2C1.I. The van der Waals surface area contributed by atoms with Crippen LogP contribution in [0.4, 0.5) is 5.69 Å². The van der Waals surface area contributed by atoms with Gasteiger partial charge in [-0.25, -0.2) is 0 Å². The number of nitrogens with zero attached hydrogens (tertiary/aromatic N) is 3. The summed E-state index contributed by atoms with van der Waals surface area (Å²) in [5, 5.41) is 3.63. The molecule has 180 valence electrons. The first-order valence-electron chi connectivity index (χ1n) is 11.2. The van der Waals surface area contributed by atoms with Crippen molar-refractivity contribution >= 4 is 35.6 Å². The summed E-state index contributed by atoms with van der Waals surface area (Å²) < 4.78 is 16.5. The number of hydrogen-bond acceptors (Lipinski definition) is 5. The standard InChI is InChI=1S/C25H34N4O3.HI/c1-26-25(29-12-10-19-13-23(31-3)24(32-4)14-20(19)17-29)27-15-18-9-11-28(16-18)21-7-5-6-8-22(21)30-2;/h5-8,13-14,18H,9-12,15-17H2,1-4H3,(H,26,27);1H. The number of benzene rings is 2. The summed E-state index contributed by atoms with van der Waals surface area (Å²) in [6.07, 6.45) is 2.11. The fourth-order valence-electron chi connectivity index (χ4n) is 4.74. The maximum absolute atomic E-state index is 5.55. The predicted octanol–water partition coefficient (Wildman–Crippen LogP) is 3.79. The molecular weight excluding hydrogens is 531 g/mol. The predicted molar refractivity (Wildman–Crippen MR) is 144 cm³/mol. The number of methoxy groups -OCH3 is 3. The number of halogens is 1. The normalized spacial score (nSPS) is 17.8.